The lowest BCUT2D eigenvalue weighted by atomic mass is 9.88. The van der Waals surface area contributed by atoms with E-state index in [1.165, 1.54) is 11.6 Å². The van der Waals surface area contributed by atoms with Crippen LogP contribution in [0.2, 0.25) is 0 Å². The summed E-state index contributed by atoms with van der Waals surface area (Å²) >= 11 is 0. The van der Waals surface area contributed by atoms with Crippen molar-refractivity contribution in [1.82, 2.24) is 14.7 Å². The first-order chi connectivity index (χ1) is 22.1. The molecule has 1 aliphatic heterocycles. The van der Waals surface area contributed by atoms with E-state index in [9.17, 15) is 27.9 Å². The number of carbonyl (C=O) groups excluding carboxylic acids is 1. The first kappa shape index (κ1) is 30.1. The molecule has 3 aliphatic rings. The van der Waals surface area contributed by atoms with Gasteiger partial charge in [0.15, 0.2) is 5.69 Å². The van der Waals surface area contributed by atoms with Crippen LogP contribution in [0.25, 0.3) is 16.8 Å². The molecule has 0 radical (unpaired) electrons. The van der Waals surface area contributed by atoms with Gasteiger partial charge in [0.1, 0.15) is 17.4 Å². The van der Waals surface area contributed by atoms with Gasteiger partial charge in [-0.1, -0.05) is 42.5 Å². The highest BCUT2D eigenvalue weighted by Crippen LogP contribution is 2.43. The van der Waals surface area contributed by atoms with Crippen molar-refractivity contribution in [3.8, 4) is 22.6 Å². The number of rotatable bonds is 7. The maximum Gasteiger partial charge on any atom is 0.434 e. The summed E-state index contributed by atoms with van der Waals surface area (Å²) in [5, 5.41) is 13.1. The van der Waals surface area contributed by atoms with Crippen LogP contribution in [0.1, 0.15) is 82.4 Å². The number of nitrogens with zero attached hydrogens (tertiary/aromatic N) is 3. The quantitative estimate of drug-likeness (QED) is 0.226. The van der Waals surface area contributed by atoms with Crippen molar-refractivity contribution in [2.24, 2.45) is 5.92 Å². The van der Waals surface area contributed by atoms with Gasteiger partial charge in [-0.2, -0.15) is 18.3 Å². The molecular formula is C36H34F3N3O4. The summed E-state index contributed by atoms with van der Waals surface area (Å²) in [6.45, 7) is 3.65. The topological polar surface area (TPSA) is 84.7 Å². The number of aromatic carboxylic acids is 1. The second-order valence-corrected chi connectivity index (χ2v) is 12.6. The van der Waals surface area contributed by atoms with Crippen molar-refractivity contribution in [3.63, 3.8) is 0 Å². The SMILES string of the molecule is Cc1cc(C2CCN(C(=O)C3CC3)CC2)ccc1OC1CCc2cccc(-c3cccc(-n4ncc(C(=O)O)c4C(F)(F)F)c3)c21. The predicted molar refractivity (Wildman–Crippen MR) is 165 cm³/mol. The van der Waals surface area contributed by atoms with Crippen LogP contribution in [0.3, 0.4) is 0 Å². The maximum absolute atomic E-state index is 13.9. The van der Waals surface area contributed by atoms with Crippen LogP contribution in [-0.2, 0) is 17.4 Å². The number of likely N-dealkylation sites (tertiary alicyclic amines) is 1. The molecule has 1 atom stereocenters. The highest BCUT2D eigenvalue weighted by Gasteiger charge is 2.41. The number of aromatic nitrogens is 2. The molecule has 10 heteroatoms. The number of ether oxygens (including phenoxy) is 1. The zero-order chi connectivity index (χ0) is 32.2. The van der Waals surface area contributed by atoms with Gasteiger partial charge in [-0.05, 0) is 97.4 Å². The van der Waals surface area contributed by atoms with E-state index >= 15 is 0 Å². The lowest BCUT2D eigenvalue weighted by Gasteiger charge is -2.32. The Balaban J connectivity index is 1.13. The Hall–Kier alpha value is -4.60. The van der Waals surface area contributed by atoms with Crippen molar-refractivity contribution in [2.45, 2.75) is 63.6 Å². The van der Waals surface area contributed by atoms with Crippen LogP contribution in [0.15, 0.2) is 66.9 Å². The molecule has 1 N–H and O–H groups in total. The van der Waals surface area contributed by atoms with E-state index in [0.29, 0.717) is 22.1 Å². The summed E-state index contributed by atoms with van der Waals surface area (Å²) in [5.74, 6) is 0.0807. The number of alkyl halides is 3. The van der Waals surface area contributed by atoms with Gasteiger partial charge in [0, 0.05) is 24.6 Å². The summed E-state index contributed by atoms with van der Waals surface area (Å²) in [4.78, 5) is 26.0. The molecule has 1 amide bonds. The molecule has 7 nitrogen and oxygen atoms in total. The molecule has 4 aromatic rings. The molecule has 1 aromatic heterocycles. The fourth-order valence-corrected chi connectivity index (χ4v) is 7.02. The highest BCUT2D eigenvalue weighted by molar-refractivity contribution is 5.89. The third kappa shape index (κ3) is 5.65. The Kier molecular flexibility index (Phi) is 7.61. The first-order valence-electron chi connectivity index (χ1n) is 15.8. The molecule has 2 aliphatic carbocycles. The third-order valence-electron chi connectivity index (χ3n) is 9.54. The fourth-order valence-electron chi connectivity index (χ4n) is 7.02. The number of amides is 1. The molecule has 0 spiro atoms. The minimum Gasteiger partial charge on any atom is -0.485 e. The number of hydrogen-bond donors (Lipinski definition) is 1. The standard InChI is InChI=1S/C36H34F3N3O4/c1-21-18-25(22-14-16-41(17-15-22)34(43)24-8-9-24)11-12-30(21)46-31-13-10-23-4-3-7-28(32(23)31)26-5-2-6-27(19-26)42-33(36(37,38)39)29(20-40-42)35(44)45/h2-7,11-12,18-20,22,24,31H,8-10,13-17H2,1H3,(H,44,45). The molecule has 2 fully saturated rings. The normalized spacial score (nSPS) is 18.4. The zero-order valence-corrected chi connectivity index (χ0v) is 25.4. The molecule has 1 saturated carbocycles. The van der Waals surface area contributed by atoms with Crippen molar-refractivity contribution in [3.05, 3.63) is 100 Å². The lowest BCUT2D eigenvalue weighted by Crippen LogP contribution is -2.38. The first-order valence-corrected chi connectivity index (χ1v) is 15.8. The van der Waals surface area contributed by atoms with Crippen LogP contribution < -0.4 is 4.74 Å². The van der Waals surface area contributed by atoms with Crippen LogP contribution in [-0.4, -0.2) is 44.8 Å². The molecule has 2 heterocycles. The van der Waals surface area contributed by atoms with Crippen LogP contribution in [0.5, 0.6) is 5.75 Å². The molecule has 1 unspecified atom stereocenters. The van der Waals surface area contributed by atoms with E-state index < -0.39 is 23.4 Å². The number of fused-ring (bicyclic) bond motifs is 1. The predicted octanol–water partition coefficient (Wildman–Crippen LogP) is 7.75. The number of benzene rings is 3. The largest absolute Gasteiger partial charge is 0.485 e. The van der Waals surface area contributed by atoms with Crippen molar-refractivity contribution >= 4 is 11.9 Å². The fraction of sp³-hybridized carbons (Fsp3) is 0.361. The van der Waals surface area contributed by atoms with Gasteiger partial charge in [0.05, 0.1) is 11.9 Å². The molecule has 3 aromatic carbocycles. The van der Waals surface area contributed by atoms with E-state index in [1.807, 2.05) is 36.1 Å². The lowest BCUT2D eigenvalue weighted by molar-refractivity contribution is -0.143. The van der Waals surface area contributed by atoms with Gasteiger partial charge >= 0.3 is 12.1 Å². The van der Waals surface area contributed by atoms with Gasteiger partial charge in [-0.3, -0.25) is 4.79 Å². The van der Waals surface area contributed by atoms with Gasteiger partial charge in [0.2, 0.25) is 5.91 Å². The van der Waals surface area contributed by atoms with Gasteiger partial charge in [-0.15, -0.1) is 0 Å². The van der Waals surface area contributed by atoms with Crippen LogP contribution >= 0.6 is 0 Å². The minimum atomic E-state index is -4.91. The van der Waals surface area contributed by atoms with E-state index in [2.05, 4.69) is 23.3 Å². The number of halogens is 3. The highest BCUT2D eigenvalue weighted by atomic mass is 19.4. The summed E-state index contributed by atoms with van der Waals surface area (Å²) < 4.78 is 49.1. The zero-order valence-electron chi connectivity index (χ0n) is 25.4. The number of piperidine rings is 1. The van der Waals surface area contributed by atoms with E-state index in [-0.39, 0.29) is 17.7 Å². The number of carbonyl (C=O) groups is 2. The average Bonchev–Trinajstić information content (AvgIpc) is 3.65. The number of carboxylic acid groups (broad SMARTS) is 1. The van der Waals surface area contributed by atoms with E-state index in [0.717, 1.165) is 85.8 Å². The van der Waals surface area contributed by atoms with E-state index in [1.54, 1.807) is 12.1 Å². The van der Waals surface area contributed by atoms with Gasteiger partial charge < -0.3 is 14.7 Å². The number of carboxylic acids is 1. The summed E-state index contributed by atoms with van der Waals surface area (Å²) in [6.07, 6.45) is 1.12. The molecule has 0 bridgehead atoms. The molecule has 46 heavy (non-hydrogen) atoms. The second-order valence-electron chi connectivity index (χ2n) is 12.6. The van der Waals surface area contributed by atoms with Crippen LogP contribution in [0, 0.1) is 12.8 Å². The third-order valence-corrected chi connectivity index (χ3v) is 9.54. The van der Waals surface area contributed by atoms with Crippen molar-refractivity contribution in [1.29, 1.82) is 0 Å². The Morgan fingerprint density at radius 2 is 1.72 bits per heavy atom. The Bertz CT molecular complexity index is 1820. The monoisotopic (exact) mass is 629 g/mol. The summed E-state index contributed by atoms with van der Waals surface area (Å²) in [5.41, 5.74) is 3.84. The molecule has 1 saturated heterocycles. The Morgan fingerprint density at radius 1 is 0.957 bits per heavy atom. The van der Waals surface area contributed by atoms with Crippen molar-refractivity contribution < 1.29 is 32.6 Å². The number of aryl methyl sites for hydroxylation is 2. The smallest absolute Gasteiger partial charge is 0.434 e. The van der Waals surface area contributed by atoms with Crippen LogP contribution in [0.4, 0.5) is 13.2 Å². The van der Waals surface area contributed by atoms with E-state index in [4.69, 9.17) is 4.74 Å². The second kappa shape index (κ2) is 11.6. The summed E-state index contributed by atoms with van der Waals surface area (Å²) in [6, 6.07) is 18.8. The summed E-state index contributed by atoms with van der Waals surface area (Å²) in [7, 11) is 0. The Morgan fingerprint density at radius 3 is 2.41 bits per heavy atom. The minimum absolute atomic E-state index is 0.111. The molecule has 238 valence electrons. The maximum atomic E-state index is 13.9. The van der Waals surface area contributed by atoms with Crippen molar-refractivity contribution in [2.75, 3.05) is 13.1 Å². The Labute approximate surface area is 264 Å². The average molecular weight is 630 g/mol. The van der Waals surface area contributed by atoms with Gasteiger partial charge in [0.25, 0.3) is 0 Å². The molecule has 7 rings (SSSR count). The molecular weight excluding hydrogens is 595 g/mol. The van der Waals surface area contributed by atoms with Gasteiger partial charge in [-0.25, -0.2) is 9.48 Å². The number of hydrogen-bond acceptors (Lipinski definition) is 4.